The second-order valence-electron chi connectivity index (χ2n) is 2.71. The minimum Gasteiger partial charge on any atom is -0.392 e. The van der Waals surface area contributed by atoms with Gasteiger partial charge in [0.15, 0.2) is 0 Å². The SMILES string of the molecule is Cn1c(CCN)cc(CO)c1Cl. The molecule has 0 saturated heterocycles. The van der Waals surface area contributed by atoms with Gasteiger partial charge in [0.2, 0.25) is 0 Å². The lowest BCUT2D eigenvalue weighted by atomic mass is 10.3. The number of hydrogen-bond donors (Lipinski definition) is 2. The van der Waals surface area contributed by atoms with Crippen LogP contribution in [0.1, 0.15) is 11.3 Å². The first-order chi connectivity index (χ1) is 5.70. The molecule has 0 aromatic carbocycles. The summed E-state index contributed by atoms with van der Waals surface area (Å²) < 4.78 is 1.85. The Balaban J connectivity index is 2.98. The predicted molar refractivity (Wildman–Crippen MR) is 49.1 cm³/mol. The lowest BCUT2D eigenvalue weighted by molar-refractivity contribution is 0.282. The maximum absolute atomic E-state index is 8.90. The summed E-state index contributed by atoms with van der Waals surface area (Å²) in [5, 5.41) is 9.49. The van der Waals surface area contributed by atoms with E-state index in [0.29, 0.717) is 11.7 Å². The first-order valence-electron chi connectivity index (χ1n) is 3.84. The van der Waals surface area contributed by atoms with Crippen LogP contribution in [0.4, 0.5) is 0 Å². The van der Waals surface area contributed by atoms with E-state index in [1.165, 1.54) is 0 Å². The Kier molecular flexibility index (Phi) is 3.14. The average Bonchev–Trinajstić information content (AvgIpc) is 2.33. The van der Waals surface area contributed by atoms with Crippen LogP contribution in [-0.2, 0) is 20.1 Å². The van der Waals surface area contributed by atoms with Crippen molar-refractivity contribution < 1.29 is 5.11 Å². The third-order valence-electron chi connectivity index (χ3n) is 1.90. The summed E-state index contributed by atoms with van der Waals surface area (Å²) in [6, 6.07) is 1.88. The van der Waals surface area contributed by atoms with Gasteiger partial charge in [0.25, 0.3) is 0 Å². The van der Waals surface area contributed by atoms with Crippen LogP contribution in [0.5, 0.6) is 0 Å². The minimum atomic E-state index is -0.0166. The van der Waals surface area contributed by atoms with Crippen molar-refractivity contribution in [1.29, 1.82) is 0 Å². The summed E-state index contributed by atoms with van der Waals surface area (Å²) in [5.74, 6) is 0. The Morgan fingerprint density at radius 1 is 1.67 bits per heavy atom. The van der Waals surface area contributed by atoms with Crippen LogP contribution in [-0.4, -0.2) is 16.2 Å². The Hall–Kier alpha value is -0.510. The zero-order valence-corrected chi connectivity index (χ0v) is 7.80. The molecule has 0 fully saturated rings. The maximum atomic E-state index is 8.90. The Labute approximate surface area is 76.7 Å². The molecule has 0 bridgehead atoms. The molecular formula is C8H13ClN2O. The van der Waals surface area contributed by atoms with Crippen LogP contribution in [0.3, 0.4) is 0 Å². The quantitative estimate of drug-likeness (QED) is 0.733. The van der Waals surface area contributed by atoms with E-state index in [0.717, 1.165) is 17.7 Å². The Morgan fingerprint density at radius 3 is 2.75 bits per heavy atom. The molecule has 4 heteroatoms. The van der Waals surface area contributed by atoms with Gasteiger partial charge in [-0.3, -0.25) is 0 Å². The molecule has 1 aromatic heterocycles. The number of aliphatic hydroxyl groups excluding tert-OH is 1. The van der Waals surface area contributed by atoms with Gasteiger partial charge in [-0.1, -0.05) is 11.6 Å². The van der Waals surface area contributed by atoms with Crippen molar-refractivity contribution in [2.75, 3.05) is 6.54 Å². The van der Waals surface area contributed by atoms with Crippen LogP contribution in [0.25, 0.3) is 0 Å². The highest BCUT2D eigenvalue weighted by Gasteiger charge is 2.08. The van der Waals surface area contributed by atoms with Gasteiger partial charge < -0.3 is 15.4 Å². The van der Waals surface area contributed by atoms with Crippen molar-refractivity contribution in [3.63, 3.8) is 0 Å². The third kappa shape index (κ3) is 1.63. The van der Waals surface area contributed by atoms with Gasteiger partial charge in [0.1, 0.15) is 5.15 Å². The first-order valence-corrected chi connectivity index (χ1v) is 4.22. The fraction of sp³-hybridized carbons (Fsp3) is 0.500. The second kappa shape index (κ2) is 3.94. The van der Waals surface area contributed by atoms with E-state index in [-0.39, 0.29) is 6.61 Å². The molecule has 0 atom stereocenters. The largest absolute Gasteiger partial charge is 0.392 e. The summed E-state index contributed by atoms with van der Waals surface area (Å²) in [6.07, 6.45) is 0.788. The standard InChI is InChI=1S/C8H13ClN2O/c1-11-7(2-3-10)4-6(5-12)8(11)9/h4,12H,2-3,5,10H2,1H3. The van der Waals surface area contributed by atoms with Gasteiger partial charge in [-0.15, -0.1) is 0 Å². The van der Waals surface area contributed by atoms with Crippen molar-refractivity contribution in [3.05, 3.63) is 22.5 Å². The van der Waals surface area contributed by atoms with Crippen LogP contribution >= 0.6 is 11.6 Å². The summed E-state index contributed by atoms with van der Waals surface area (Å²) in [4.78, 5) is 0. The molecule has 0 amide bonds. The molecule has 0 saturated carbocycles. The number of hydrogen-bond acceptors (Lipinski definition) is 2. The molecule has 68 valence electrons. The van der Waals surface area contributed by atoms with E-state index in [2.05, 4.69) is 0 Å². The van der Waals surface area contributed by atoms with Crippen LogP contribution in [0.2, 0.25) is 5.15 Å². The fourth-order valence-corrected chi connectivity index (χ4v) is 1.42. The molecule has 0 spiro atoms. The van der Waals surface area contributed by atoms with Crippen molar-refractivity contribution in [1.82, 2.24) is 4.57 Å². The van der Waals surface area contributed by atoms with Gasteiger partial charge in [-0.05, 0) is 19.0 Å². The number of nitrogens with zero attached hydrogens (tertiary/aromatic N) is 1. The molecule has 1 heterocycles. The highest BCUT2D eigenvalue weighted by Crippen LogP contribution is 2.20. The molecule has 0 unspecified atom stereocenters. The van der Waals surface area contributed by atoms with Crippen LogP contribution in [0, 0.1) is 0 Å². The molecule has 0 radical (unpaired) electrons. The molecule has 0 aliphatic carbocycles. The summed E-state index contributed by atoms with van der Waals surface area (Å²) in [5.41, 5.74) is 7.24. The van der Waals surface area contributed by atoms with E-state index >= 15 is 0 Å². The Bertz CT molecular complexity index is 270. The number of aromatic nitrogens is 1. The molecule has 0 aliphatic rings. The molecule has 12 heavy (non-hydrogen) atoms. The van der Waals surface area contributed by atoms with E-state index in [4.69, 9.17) is 22.4 Å². The van der Waals surface area contributed by atoms with Gasteiger partial charge in [-0.2, -0.15) is 0 Å². The summed E-state index contributed by atoms with van der Waals surface area (Å²) >= 11 is 5.91. The molecule has 3 nitrogen and oxygen atoms in total. The van der Waals surface area contributed by atoms with E-state index in [9.17, 15) is 0 Å². The number of nitrogens with two attached hydrogens (primary N) is 1. The van der Waals surface area contributed by atoms with Crippen LogP contribution in [0.15, 0.2) is 6.07 Å². The summed E-state index contributed by atoms with van der Waals surface area (Å²) in [7, 11) is 1.87. The highest BCUT2D eigenvalue weighted by molar-refractivity contribution is 6.30. The van der Waals surface area contributed by atoms with E-state index in [1.807, 2.05) is 17.7 Å². The summed E-state index contributed by atoms with van der Waals surface area (Å²) in [6.45, 7) is 0.580. The van der Waals surface area contributed by atoms with Gasteiger partial charge in [0, 0.05) is 18.3 Å². The second-order valence-corrected chi connectivity index (χ2v) is 3.07. The number of halogens is 1. The molecule has 1 aromatic rings. The van der Waals surface area contributed by atoms with Crippen molar-refractivity contribution >= 4 is 11.6 Å². The monoisotopic (exact) mass is 188 g/mol. The van der Waals surface area contributed by atoms with E-state index < -0.39 is 0 Å². The topological polar surface area (TPSA) is 51.2 Å². The fourth-order valence-electron chi connectivity index (χ4n) is 1.20. The lowest BCUT2D eigenvalue weighted by Gasteiger charge is -2.00. The zero-order valence-electron chi connectivity index (χ0n) is 7.05. The Morgan fingerprint density at radius 2 is 2.33 bits per heavy atom. The molecular weight excluding hydrogens is 176 g/mol. The molecule has 3 N–H and O–H groups in total. The maximum Gasteiger partial charge on any atom is 0.114 e. The van der Waals surface area contributed by atoms with Gasteiger partial charge in [0.05, 0.1) is 6.61 Å². The number of aliphatic hydroxyl groups is 1. The average molecular weight is 189 g/mol. The van der Waals surface area contributed by atoms with Crippen LogP contribution < -0.4 is 5.73 Å². The van der Waals surface area contributed by atoms with Gasteiger partial charge in [-0.25, -0.2) is 0 Å². The predicted octanol–water partition coefficient (Wildman–Crippen LogP) is 0.672. The zero-order chi connectivity index (χ0) is 9.14. The minimum absolute atomic E-state index is 0.0166. The smallest absolute Gasteiger partial charge is 0.114 e. The number of rotatable bonds is 3. The third-order valence-corrected chi connectivity index (χ3v) is 2.40. The van der Waals surface area contributed by atoms with Crippen molar-refractivity contribution in [2.45, 2.75) is 13.0 Å². The normalized spacial score (nSPS) is 10.7. The van der Waals surface area contributed by atoms with Crippen molar-refractivity contribution in [3.8, 4) is 0 Å². The molecule has 0 aliphatic heterocycles. The first kappa shape index (κ1) is 9.58. The molecule has 1 rings (SSSR count). The van der Waals surface area contributed by atoms with Crippen molar-refractivity contribution in [2.24, 2.45) is 12.8 Å². The van der Waals surface area contributed by atoms with E-state index in [1.54, 1.807) is 0 Å². The lowest BCUT2D eigenvalue weighted by Crippen LogP contribution is -2.06. The highest BCUT2D eigenvalue weighted by atomic mass is 35.5. The van der Waals surface area contributed by atoms with Gasteiger partial charge >= 0.3 is 0 Å².